The lowest BCUT2D eigenvalue weighted by atomic mass is 10.0. The second kappa shape index (κ2) is 5.86. The molecule has 1 aliphatic heterocycles. The van der Waals surface area contributed by atoms with Crippen LogP contribution in [0.1, 0.15) is 25.7 Å². The number of piperidine rings is 1. The number of nitrogens with zero attached hydrogens (tertiary/aromatic N) is 1. The quantitative estimate of drug-likeness (QED) is 0.706. The summed E-state index contributed by atoms with van der Waals surface area (Å²) in [4.78, 5) is 12.9. The van der Waals surface area contributed by atoms with E-state index >= 15 is 0 Å². The summed E-state index contributed by atoms with van der Waals surface area (Å²) in [6.45, 7) is 1.96. The first kappa shape index (κ1) is 11.3. The van der Waals surface area contributed by atoms with E-state index in [1.165, 1.54) is 19.3 Å². The fraction of sp³-hybridized carbons (Fsp3) is 0.900. The smallest absolute Gasteiger partial charge is 0.316 e. The summed E-state index contributed by atoms with van der Waals surface area (Å²) in [6, 6.07) is 0.608. The molecule has 1 saturated heterocycles. The van der Waals surface area contributed by atoms with Gasteiger partial charge in [-0.1, -0.05) is 6.42 Å². The van der Waals surface area contributed by atoms with Gasteiger partial charge < -0.3 is 15.5 Å². The zero-order valence-corrected chi connectivity index (χ0v) is 9.18. The number of urea groups is 1. The molecule has 2 N–H and O–H groups in total. The third-order valence-corrected chi connectivity index (χ3v) is 2.79. The molecule has 1 heterocycles. The molecule has 0 aliphatic carbocycles. The van der Waals surface area contributed by atoms with E-state index in [1.54, 1.807) is 11.9 Å². The van der Waals surface area contributed by atoms with E-state index in [1.807, 2.05) is 7.05 Å². The maximum absolute atomic E-state index is 11.2. The Kier molecular flexibility index (Phi) is 4.73. The molecule has 0 bridgehead atoms. The van der Waals surface area contributed by atoms with Crippen molar-refractivity contribution >= 4 is 6.03 Å². The van der Waals surface area contributed by atoms with Gasteiger partial charge in [0, 0.05) is 26.7 Å². The number of carbonyl (C=O) groups excluding carboxylic acids is 1. The Morgan fingerprint density at radius 2 is 2.36 bits per heavy atom. The summed E-state index contributed by atoms with van der Waals surface area (Å²) >= 11 is 0. The predicted octanol–water partition coefficient (Wildman–Crippen LogP) is 0.790. The Hall–Kier alpha value is -0.770. The Labute approximate surface area is 86.0 Å². The highest BCUT2D eigenvalue weighted by molar-refractivity contribution is 5.73. The van der Waals surface area contributed by atoms with Gasteiger partial charge in [-0.25, -0.2) is 4.79 Å². The maximum Gasteiger partial charge on any atom is 0.316 e. The zero-order valence-electron chi connectivity index (χ0n) is 9.18. The Balaban J connectivity index is 2.15. The van der Waals surface area contributed by atoms with Crippen molar-refractivity contribution in [1.82, 2.24) is 15.5 Å². The third kappa shape index (κ3) is 3.54. The van der Waals surface area contributed by atoms with Crippen LogP contribution in [-0.2, 0) is 0 Å². The van der Waals surface area contributed by atoms with Crippen LogP contribution in [0.2, 0.25) is 0 Å². The topological polar surface area (TPSA) is 44.4 Å². The molecular formula is C10H21N3O. The summed E-state index contributed by atoms with van der Waals surface area (Å²) in [5.41, 5.74) is 0. The van der Waals surface area contributed by atoms with Crippen molar-refractivity contribution in [1.29, 1.82) is 0 Å². The molecule has 4 heteroatoms. The van der Waals surface area contributed by atoms with E-state index in [9.17, 15) is 4.79 Å². The first-order chi connectivity index (χ1) is 6.74. The Bertz CT molecular complexity index is 178. The first-order valence-corrected chi connectivity index (χ1v) is 5.40. The minimum absolute atomic E-state index is 0.000749. The Morgan fingerprint density at radius 1 is 1.57 bits per heavy atom. The first-order valence-electron chi connectivity index (χ1n) is 5.40. The number of hydrogen-bond donors (Lipinski definition) is 2. The highest BCUT2D eigenvalue weighted by Gasteiger charge is 2.14. The van der Waals surface area contributed by atoms with Crippen LogP contribution in [0.3, 0.4) is 0 Å². The molecule has 0 saturated carbocycles. The van der Waals surface area contributed by atoms with Crippen molar-refractivity contribution in [3.63, 3.8) is 0 Å². The van der Waals surface area contributed by atoms with Crippen molar-refractivity contribution in [3.05, 3.63) is 0 Å². The number of nitrogens with one attached hydrogen (secondary N) is 2. The number of carbonyl (C=O) groups is 1. The summed E-state index contributed by atoms with van der Waals surface area (Å²) in [5.74, 6) is 0. The number of hydrogen-bond acceptors (Lipinski definition) is 2. The molecule has 1 rings (SSSR count). The van der Waals surface area contributed by atoms with Crippen LogP contribution < -0.4 is 10.6 Å². The summed E-state index contributed by atoms with van der Waals surface area (Å²) in [6.07, 6.45) is 4.93. The van der Waals surface area contributed by atoms with E-state index < -0.39 is 0 Å². The van der Waals surface area contributed by atoms with E-state index in [0.717, 1.165) is 19.5 Å². The van der Waals surface area contributed by atoms with Gasteiger partial charge in [-0.3, -0.25) is 0 Å². The van der Waals surface area contributed by atoms with Crippen molar-refractivity contribution in [2.24, 2.45) is 0 Å². The lowest BCUT2D eigenvalue weighted by Crippen LogP contribution is -2.40. The molecule has 0 aromatic heterocycles. The Morgan fingerprint density at radius 3 is 2.93 bits per heavy atom. The molecule has 82 valence electrons. The van der Waals surface area contributed by atoms with E-state index in [0.29, 0.717) is 6.04 Å². The van der Waals surface area contributed by atoms with Crippen LogP contribution in [0.25, 0.3) is 0 Å². The minimum atomic E-state index is 0.000749. The van der Waals surface area contributed by atoms with Crippen molar-refractivity contribution in [2.75, 3.05) is 27.2 Å². The summed E-state index contributed by atoms with van der Waals surface area (Å²) in [7, 11) is 3.50. The molecule has 4 nitrogen and oxygen atoms in total. The van der Waals surface area contributed by atoms with Crippen LogP contribution in [0.15, 0.2) is 0 Å². The van der Waals surface area contributed by atoms with Crippen LogP contribution in [0, 0.1) is 0 Å². The van der Waals surface area contributed by atoms with E-state index in [4.69, 9.17) is 0 Å². The predicted molar refractivity (Wildman–Crippen MR) is 57.3 cm³/mol. The SMILES string of the molecule is CNC(=O)N(C)CCC1CCCCN1. The van der Waals surface area contributed by atoms with Gasteiger partial charge in [0.15, 0.2) is 0 Å². The lowest BCUT2D eigenvalue weighted by molar-refractivity contribution is 0.207. The molecule has 1 fully saturated rings. The minimum Gasteiger partial charge on any atom is -0.341 e. The highest BCUT2D eigenvalue weighted by Crippen LogP contribution is 2.10. The van der Waals surface area contributed by atoms with Crippen LogP contribution in [0.5, 0.6) is 0 Å². The zero-order chi connectivity index (χ0) is 10.4. The van der Waals surface area contributed by atoms with Gasteiger partial charge in [-0.2, -0.15) is 0 Å². The van der Waals surface area contributed by atoms with Gasteiger partial charge in [0.1, 0.15) is 0 Å². The molecule has 2 amide bonds. The van der Waals surface area contributed by atoms with Crippen LogP contribution in [-0.4, -0.2) is 44.2 Å². The van der Waals surface area contributed by atoms with E-state index in [2.05, 4.69) is 10.6 Å². The molecule has 1 unspecified atom stereocenters. The van der Waals surface area contributed by atoms with Gasteiger partial charge in [0.25, 0.3) is 0 Å². The van der Waals surface area contributed by atoms with Gasteiger partial charge in [0.2, 0.25) is 0 Å². The van der Waals surface area contributed by atoms with Crippen LogP contribution >= 0.6 is 0 Å². The standard InChI is InChI=1S/C10H21N3O/c1-11-10(14)13(2)8-6-9-5-3-4-7-12-9/h9,12H,3-8H2,1-2H3,(H,11,14). The fourth-order valence-corrected chi connectivity index (χ4v) is 1.81. The molecule has 1 aliphatic rings. The molecule has 0 radical (unpaired) electrons. The monoisotopic (exact) mass is 199 g/mol. The number of rotatable bonds is 3. The average molecular weight is 199 g/mol. The highest BCUT2D eigenvalue weighted by atomic mass is 16.2. The summed E-state index contributed by atoms with van der Waals surface area (Å²) in [5, 5.41) is 6.09. The molecular weight excluding hydrogens is 178 g/mol. The normalized spacial score (nSPS) is 21.7. The number of amides is 2. The van der Waals surface area contributed by atoms with Gasteiger partial charge in [0.05, 0.1) is 0 Å². The van der Waals surface area contributed by atoms with Crippen molar-refractivity contribution in [2.45, 2.75) is 31.7 Å². The summed E-state index contributed by atoms with van der Waals surface area (Å²) < 4.78 is 0. The lowest BCUT2D eigenvalue weighted by Gasteiger charge is -2.25. The maximum atomic E-state index is 11.2. The van der Waals surface area contributed by atoms with Crippen molar-refractivity contribution in [3.8, 4) is 0 Å². The van der Waals surface area contributed by atoms with Crippen LogP contribution in [0.4, 0.5) is 4.79 Å². The van der Waals surface area contributed by atoms with Gasteiger partial charge >= 0.3 is 6.03 Å². The fourth-order valence-electron chi connectivity index (χ4n) is 1.81. The van der Waals surface area contributed by atoms with Gasteiger partial charge in [-0.05, 0) is 25.8 Å². The van der Waals surface area contributed by atoms with Gasteiger partial charge in [-0.15, -0.1) is 0 Å². The second-order valence-electron chi connectivity index (χ2n) is 3.91. The molecule has 0 spiro atoms. The average Bonchev–Trinajstić information content (AvgIpc) is 2.26. The largest absolute Gasteiger partial charge is 0.341 e. The van der Waals surface area contributed by atoms with E-state index in [-0.39, 0.29) is 6.03 Å². The molecule has 0 aromatic rings. The molecule has 14 heavy (non-hydrogen) atoms. The molecule has 0 aromatic carbocycles. The second-order valence-corrected chi connectivity index (χ2v) is 3.91. The molecule has 1 atom stereocenters. The van der Waals surface area contributed by atoms with Crippen molar-refractivity contribution < 1.29 is 4.79 Å². The third-order valence-electron chi connectivity index (χ3n) is 2.79.